The minimum absolute atomic E-state index is 0.0356. The second-order valence-electron chi connectivity index (χ2n) is 6.78. The highest BCUT2D eigenvalue weighted by atomic mass is 32.1. The van der Waals surface area contributed by atoms with E-state index in [1.165, 1.54) is 17.3 Å². The maximum Gasteiger partial charge on any atom is 0.254 e. The normalized spacial score (nSPS) is 10.7. The molecule has 28 heavy (non-hydrogen) atoms. The Kier molecular flexibility index (Phi) is 7.62. The highest BCUT2D eigenvalue weighted by Crippen LogP contribution is 2.14. The maximum atomic E-state index is 12.3. The quantitative estimate of drug-likeness (QED) is 0.364. The molecule has 1 aromatic carbocycles. The number of nitrogens with zero attached hydrogens (tertiary/aromatic N) is 1. The molecule has 0 bridgehead atoms. The van der Waals surface area contributed by atoms with Crippen LogP contribution in [0, 0.1) is 5.41 Å². The van der Waals surface area contributed by atoms with Crippen LogP contribution in [0.15, 0.2) is 64.9 Å². The van der Waals surface area contributed by atoms with Gasteiger partial charge in [0, 0.05) is 23.7 Å². The number of hydrogen-bond acceptors (Lipinski definition) is 4. The average molecular weight is 395 g/mol. The fourth-order valence-corrected chi connectivity index (χ4v) is 3.63. The lowest BCUT2D eigenvalue weighted by Gasteiger charge is -2.09. The van der Waals surface area contributed by atoms with Crippen LogP contribution in [-0.4, -0.2) is 10.8 Å². The summed E-state index contributed by atoms with van der Waals surface area (Å²) < 4.78 is 7.42. The topological polar surface area (TPSA) is 55.1 Å². The smallest absolute Gasteiger partial charge is 0.254 e. The lowest BCUT2D eigenvalue weighted by atomic mass is 10.0. The molecule has 5 heteroatoms. The van der Waals surface area contributed by atoms with E-state index in [0.717, 1.165) is 37.0 Å². The maximum absolute atomic E-state index is 12.3. The number of pyridine rings is 1. The van der Waals surface area contributed by atoms with E-state index in [-0.39, 0.29) is 5.56 Å². The summed E-state index contributed by atoms with van der Waals surface area (Å²) in [5.41, 5.74) is 2.53. The molecule has 0 saturated heterocycles. The Bertz CT molecular complexity index is 915. The first-order valence-electron chi connectivity index (χ1n) is 9.67. The van der Waals surface area contributed by atoms with Gasteiger partial charge in [-0.05, 0) is 67.0 Å². The molecule has 2 heterocycles. The number of rotatable bonds is 11. The fourth-order valence-electron chi connectivity index (χ4n) is 3.01. The van der Waals surface area contributed by atoms with Crippen LogP contribution in [0.25, 0.3) is 0 Å². The molecule has 0 aliphatic rings. The predicted octanol–water partition coefficient (Wildman–Crippen LogP) is 5.09. The summed E-state index contributed by atoms with van der Waals surface area (Å²) >= 11 is 1.65. The molecule has 0 aliphatic heterocycles. The second-order valence-corrected chi connectivity index (χ2v) is 7.81. The molecule has 0 saturated carbocycles. The predicted molar refractivity (Wildman–Crippen MR) is 116 cm³/mol. The molecule has 1 N–H and O–H groups in total. The third-order valence-corrected chi connectivity index (χ3v) is 5.51. The molecule has 146 valence electrons. The summed E-state index contributed by atoms with van der Waals surface area (Å²) in [6.45, 7) is 1.15. The molecule has 0 atom stereocenters. The molecule has 0 unspecified atom stereocenters. The molecule has 2 aromatic heterocycles. The van der Waals surface area contributed by atoms with Crippen molar-refractivity contribution in [1.29, 1.82) is 5.41 Å². The molecular weight excluding hydrogens is 368 g/mol. The Labute approximate surface area is 169 Å². The van der Waals surface area contributed by atoms with Gasteiger partial charge in [-0.15, -0.1) is 11.3 Å². The van der Waals surface area contributed by atoms with Gasteiger partial charge in [0.05, 0.1) is 0 Å². The first-order chi connectivity index (χ1) is 13.7. The van der Waals surface area contributed by atoms with Crippen molar-refractivity contribution in [2.45, 2.75) is 45.3 Å². The lowest BCUT2D eigenvalue weighted by Crippen LogP contribution is -2.19. The molecule has 0 aliphatic carbocycles. The minimum Gasteiger partial charge on any atom is -0.488 e. The fraction of sp³-hybridized carbons (Fsp3) is 0.304. The zero-order chi connectivity index (χ0) is 19.6. The van der Waals surface area contributed by atoms with Gasteiger partial charge >= 0.3 is 0 Å². The number of aryl methyl sites for hydroxylation is 3. The summed E-state index contributed by atoms with van der Waals surface area (Å²) in [5.74, 6) is 0.613. The van der Waals surface area contributed by atoms with Crippen LogP contribution in [-0.2, 0) is 26.0 Å². The minimum atomic E-state index is -0.0356. The zero-order valence-electron chi connectivity index (χ0n) is 16.0. The van der Waals surface area contributed by atoms with E-state index >= 15 is 0 Å². The number of ether oxygens (including phenoxy) is 1. The first-order valence-corrected chi connectivity index (χ1v) is 10.5. The monoisotopic (exact) mass is 394 g/mol. The van der Waals surface area contributed by atoms with Crippen LogP contribution in [0.3, 0.4) is 0 Å². The second kappa shape index (κ2) is 10.6. The van der Waals surface area contributed by atoms with Crippen molar-refractivity contribution in [3.8, 4) is 5.75 Å². The summed E-state index contributed by atoms with van der Waals surface area (Å²) in [4.78, 5) is 13.5. The Hall–Kier alpha value is -2.66. The van der Waals surface area contributed by atoms with Crippen molar-refractivity contribution in [3.05, 3.63) is 86.5 Å². The molecular formula is C23H26N2O2S. The van der Waals surface area contributed by atoms with Gasteiger partial charge in [0.25, 0.3) is 5.56 Å². The van der Waals surface area contributed by atoms with E-state index in [2.05, 4.69) is 24.3 Å². The average Bonchev–Trinajstić information content (AvgIpc) is 3.23. The third-order valence-electron chi connectivity index (χ3n) is 4.66. The highest BCUT2D eigenvalue weighted by molar-refractivity contribution is 7.09. The van der Waals surface area contributed by atoms with Crippen LogP contribution < -0.4 is 10.3 Å². The van der Waals surface area contributed by atoms with Crippen LogP contribution in [0.5, 0.6) is 5.75 Å². The summed E-state index contributed by atoms with van der Waals surface area (Å²) in [6, 6.07) is 16.1. The van der Waals surface area contributed by atoms with Gasteiger partial charge in [0.2, 0.25) is 0 Å². The van der Waals surface area contributed by atoms with Gasteiger partial charge in [-0.2, -0.15) is 0 Å². The van der Waals surface area contributed by atoms with Crippen molar-refractivity contribution < 1.29 is 4.74 Å². The molecule has 0 spiro atoms. The number of thiophene rings is 1. The molecule has 0 fully saturated rings. The van der Waals surface area contributed by atoms with Crippen LogP contribution >= 0.6 is 11.3 Å². The summed E-state index contributed by atoms with van der Waals surface area (Å²) in [7, 11) is 0. The SMILES string of the molecule is N=CCCCCc1ccc(CCn2ccc(OCc3cccs3)cc2=O)cc1. The van der Waals surface area contributed by atoms with Crippen LogP contribution in [0.1, 0.15) is 35.3 Å². The number of benzene rings is 1. The van der Waals surface area contributed by atoms with Crippen molar-refractivity contribution in [3.63, 3.8) is 0 Å². The number of aromatic nitrogens is 1. The Morgan fingerprint density at radius 3 is 2.50 bits per heavy atom. The van der Waals surface area contributed by atoms with Crippen LogP contribution in [0.2, 0.25) is 0 Å². The molecule has 3 aromatic rings. The molecule has 0 radical (unpaired) electrons. The van der Waals surface area contributed by atoms with Gasteiger partial charge in [-0.25, -0.2) is 0 Å². The largest absolute Gasteiger partial charge is 0.488 e. The third kappa shape index (κ3) is 6.20. The molecule has 3 rings (SSSR count). The molecule has 0 amide bonds. The van der Waals surface area contributed by atoms with E-state index in [9.17, 15) is 4.79 Å². The van der Waals surface area contributed by atoms with Crippen molar-refractivity contribution >= 4 is 17.6 Å². The molecule has 4 nitrogen and oxygen atoms in total. The first kappa shape index (κ1) is 20.1. The van der Waals surface area contributed by atoms with Gasteiger partial charge in [0.1, 0.15) is 12.4 Å². The number of nitrogens with one attached hydrogen (secondary N) is 1. The van der Waals surface area contributed by atoms with Gasteiger partial charge in [-0.1, -0.05) is 30.3 Å². The van der Waals surface area contributed by atoms with E-state index in [0.29, 0.717) is 18.9 Å². The standard InChI is InChI=1S/C23H26N2O2S/c24-13-3-1-2-5-19-7-9-20(10-8-19)11-14-25-15-12-21(17-23(25)26)27-18-22-6-4-16-28-22/h4,6-10,12-13,15-17,24H,1-3,5,11,14,18H2. The summed E-state index contributed by atoms with van der Waals surface area (Å²) in [5, 5.41) is 9.07. The lowest BCUT2D eigenvalue weighted by molar-refractivity contribution is 0.308. The Morgan fingerprint density at radius 2 is 1.82 bits per heavy atom. The van der Waals surface area contributed by atoms with Gasteiger partial charge in [-0.3, -0.25) is 4.79 Å². The zero-order valence-corrected chi connectivity index (χ0v) is 16.8. The highest BCUT2D eigenvalue weighted by Gasteiger charge is 2.02. The number of unbranched alkanes of at least 4 members (excludes halogenated alkanes) is 2. The van der Waals surface area contributed by atoms with E-state index in [4.69, 9.17) is 10.1 Å². The van der Waals surface area contributed by atoms with Crippen molar-refractivity contribution in [1.82, 2.24) is 4.57 Å². The van der Waals surface area contributed by atoms with Gasteiger partial charge < -0.3 is 14.7 Å². The van der Waals surface area contributed by atoms with Crippen molar-refractivity contribution in [2.24, 2.45) is 0 Å². The number of hydrogen-bond donors (Lipinski definition) is 1. The van der Waals surface area contributed by atoms with E-state index in [1.807, 2.05) is 29.8 Å². The van der Waals surface area contributed by atoms with E-state index in [1.54, 1.807) is 22.0 Å². The Morgan fingerprint density at radius 1 is 1.04 bits per heavy atom. The van der Waals surface area contributed by atoms with Crippen LogP contribution in [0.4, 0.5) is 0 Å². The summed E-state index contributed by atoms with van der Waals surface area (Å²) in [6.07, 6.45) is 8.22. The van der Waals surface area contributed by atoms with Crippen molar-refractivity contribution in [2.75, 3.05) is 0 Å². The van der Waals surface area contributed by atoms with Gasteiger partial charge in [0.15, 0.2) is 0 Å². The Balaban J connectivity index is 1.48. The van der Waals surface area contributed by atoms with E-state index < -0.39 is 0 Å².